The highest BCUT2D eigenvalue weighted by molar-refractivity contribution is 7.13. The third-order valence-corrected chi connectivity index (χ3v) is 5.15. The van der Waals surface area contributed by atoms with Gasteiger partial charge in [0.05, 0.1) is 0 Å². The molecule has 1 aromatic carbocycles. The van der Waals surface area contributed by atoms with Gasteiger partial charge in [0.1, 0.15) is 5.01 Å². The van der Waals surface area contributed by atoms with Crippen LogP contribution in [0.5, 0.6) is 0 Å². The normalized spacial score (nSPS) is 10.6. The number of ether oxygens (including phenoxy) is 1. The van der Waals surface area contributed by atoms with Crippen molar-refractivity contribution in [1.29, 1.82) is 0 Å². The van der Waals surface area contributed by atoms with Gasteiger partial charge >= 0.3 is 5.97 Å². The summed E-state index contributed by atoms with van der Waals surface area (Å²) in [7, 11) is 0. The molecule has 2 heterocycles. The first kappa shape index (κ1) is 18.8. The highest BCUT2D eigenvalue weighted by Crippen LogP contribution is 2.23. The molecule has 2 aromatic heterocycles. The van der Waals surface area contributed by atoms with Gasteiger partial charge in [0, 0.05) is 34.4 Å². The van der Waals surface area contributed by atoms with Gasteiger partial charge in [-0.3, -0.25) is 4.79 Å². The smallest absolute Gasteiger partial charge is 0.358 e. The molecule has 6 heteroatoms. The van der Waals surface area contributed by atoms with Crippen molar-refractivity contribution < 1.29 is 14.3 Å². The maximum absolute atomic E-state index is 12.5. The molecule has 3 aromatic rings. The Bertz CT molecular complexity index is 986. The van der Waals surface area contributed by atoms with Crippen molar-refractivity contribution in [1.82, 2.24) is 9.55 Å². The van der Waals surface area contributed by atoms with E-state index < -0.39 is 5.97 Å². The van der Waals surface area contributed by atoms with Gasteiger partial charge in [-0.25, -0.2) is 9.78 Å². The summed E-state index contributed by atoms with van der Waals surface area (Å²) in [6, 6.07) is 11.4. The predicted molar refractivity (Wildman–Crippen MR) is 106 cm³/mol. The molecule has 0 aliphatic rings. The maximum Gasteiger partial charge on any atom is 0.358 e. The topological polar surface area (TPSA) is 61.2 Å². The second kappa shape index (κ2) is 8.14. The number of hydrogen-bond acceptors (Lipinski definition) is 5. The van der Waals surface area contributed by atoms with Gasteiger partial charge in [0.25, 0.3) is 0 Å². The number of thiazole rings is 1. The standard InChI is InChI=1S/C21H20N2O3S/c1-4-10-23-14(2)11-17(15(23)3)19(24)12-26-21(25)18-13-27-20(22-18)16-8-6-5-7-9-16/h4-9,11,13H,1,10,12H2,2-3H3. The minimum Gasteiger partial charge on any atom is -0.453 e. The Labute approximate surface area is 161 Å². The summed E-state index contributed by atoms with van der Waals surface area (Å²) in [4.78, 5) is 29.0. The summed E-state index contributed by atoms with van der Waals surface area (Å²) in [5.41, 5.74) is 3.52. The molecule has 0 aliphatic carbocycles. The number of nitrogens with zero attached hydrogens (tertiary/aromatic N) is 2. The molecule has 0 atom stereocenters. The Hall–Kier alpha value is -2.99. The first-order valence-corrected chi connectivity index (χ1v) is 9.38. The Morgan fingerprint density at radius 2 is 2.00 bits per heavy atom. The highest BCUT2D eigenvalue weighted by atomic mass is 32.1. The van der Waals surface area contributed by atoms with Crippen molar-refractivity contribution >= 4 is 23.1 Å². The zero-order valence-corrected chi connectivity index (χ0v) is 16.1. The molecular weight excluding hydrogens is 360 g/mol. The molecule has 0 unspecified atom stereocenters. The van der Waals surface area contributed by atoms with Crippen LogP contribution >= 0.6 is 11.3 Å². The van der Waals surface area contributed by atoms with Gasteiger partial charge in [-0.1, -0.05) is 36.4 Å². The molecule has 27 heavy (non-hydrogen) atoms. The van der Waals surface area contributed by atoms with Gasteiger partial charge in [-0.2, -0.15) is 0 Å². The van der Waals surface area contributed by atoms with Crippen LogP contribution in [0.25, 0.3) is 10.6 Å². The molecule has 0 spiro atoms. The lowest BCUT2D eigenvalue weighted by atomic mass is 10.1. The lowest BCUT2D eigenvalue weighted by Crippen LogP contribution is -2.15. The van der Waals surface area contributed by atoms with E-state index in [1.807, 2.05) is 54.8 Å². The average Bonchev–Trinajstić information content (AvgIpc) is 3.28. The van der Waals surface area contributed by atoms with Crippen molar-refractivity contribution in [3.63, 3.8) is 0 Å². The number of carbonyl (C=O) groups is 2. The van der Waals surface area contributed by atoms with E-state index in [0.717, 1.165) is 22.0 Å². The zero-order chi connectivity index (χ0) is 19.4. The number of benzene rings is 1. The number of hydrogen-bond donors (Lipinski definition) is 0. The average molecular weight is 380 g/mol. The lowest BCUT2D eigenvalue weighted by molar-refractivity contribution is 0.0469. The van der Waals surface area contributed by atoms with Crippen LogP contribution in [0.2, 0.25) is 0 Å². The molecule has 3 rings (SSSR count). The number of rotatable bonds is 7. The van der Waals surface area contributed by atoms with Crippen LogP contribution in [-0.4, -0.2) is 27.9 Å². The molecule has 0 amide bonds. The Balaban J connectivity index is 1.66. The fourth-order valence-corrected chi connectivity index (χ4v) is 3.65. The molecule has 0 bridgehead atoms. The second-order valence-electron chi connectivity index (χ2n) is 6.09. The molecular formula is C21H20N2O3S. The van der Waals surface area contributed by atoms with Crippen LogP contribution in [0.4, 0.5) is 0 Å². The van der Waals surface area contributed by atoms with Crippen molar-refractivity contribution in [3.8, 4) is 10.6 Å². The van der Waals surface area contributed by atoms with Gasteiger partial charge in [0.2, 0.25) is 5.78 Å². The van der Waals surface area contributed by atoms with Gasteiger partial charge < -0.3 is 9.30 Å². The summed E-state index contributed by atoms with van der Waals surface area (Å²) < 4.78 is 7.18. The number of Topliss-reactive ketones (excluding diaryl/α,β-unsaturated/α-hetero) is 1. The van der Waals surface area contributed by atoms with E-state index in [-0.39, 0.29) is 18.1 Å². The summed E-state index contributed by atoms with van der Waals surface area (Å²) in [6.07, 6.45) is 1.78. The third kappa shape index (κ3) is 4.06. The van der Waals surface area contributed by atoms with E-state index in [0.29, 0.717) is 12.1 Å². The molecule has 138 valence electrons. The van der Waals surface area contributed by atoms with E-state index in [1.165, 1.54) is 11.3 Å². The fourth-order valence-electron chi connectivity index (χ4n) is 2.86. The molecule has 0 N–H and O–H groups in total. The van der Waals surface area contributed by atoms with Crippen molar-refractivity contribution in [2.75, 3.05) is 6.61 Å². The first-order valence-electron chi connectivity index (χ1n) is 8.50. The summed E-state index contributed by atoms with van der Waals surface area (Å²) in [6.45, 7) is 7.85. The molecule has 5 nitrogen and oxygen atoms in total. The van der Waals surface area contributed by atoms with E-state index in [9.17, 15) is 9.59 Å². The van der Waals surface area contributed by atoms with Crippen molar-refractivity contribution in [2.24, 2.45) is 0 Å². The number of esters is 1. The number of carbonyl (C=O) groups excluding carboxylic acids is 2. The number of aryl methyl sites for hydroxylation is 1. The Kier molecular flexibility index (Phi) is 5.66. The van der Waals surface area contributed by atoms with Crippen molar-refractivity contribution in [3.05, 3.63) is 77.1 Å². The molecule has 0 fully saturated rings. The number of allylic oxidation sites excluding steroid dienone is 1. The summed E-state index contributed by atoms with van der Waals surface area (Å²) in [5, 5.41) is 2.38. The molecule has 0 aliphatic heterocycles. The van der Waals surface area contributed by atoms with Crippen LogP contribution in [0.3, 0.4) is 0 Å². The first-order chi connectivity index (χ1) is 13.0. The van der Waals surface area contributed by atoms with Crippen molar-refractivity contribution in [2.45, 2.75) is 20.4 Å². The van der Waals surface area contributed by atoms with E-state index >= 15 is 0 Å². The number of aromatic nitrogens is 2. The van der Waals surface area contributed by atoms with Crippen LogP contribution in [0.1, 0.15) is 32.2 Å². The van der Waals surface area contributed by atoms with E-state index in [4.69, 9.17) is 4.74 Å². The largest absolute Gasteiger partial charge is 0.453 e. The van der Waals surface area contributed by atoms with Crippen LogP contribution in [-0.2, 0) is 11.3 Å². The second-order valence-corrected chi connectivity index (χ2v) is 6.95. The zero-order valence-electron chi connectivity index (χ0n) is 15.3. The van der Waals surface area contributed by atoms with Crippen LogP contribution < -0.4 is 0 Å². The lowest BCUT2D eigenvalue weighted by Gasteiger charge is -2.06. The third-order valence-electron chi connectivity index (χ3n) is 4.25. The van der Waals surface area contributed by atoms with Gasteiger partial charge in [-0.15, -0.1) is 17.9 Å². The van der Waals surface area contributed by atoms with Gasteiger partial charge in [-0.05, 0) is 19.9 Å². The van der Waals surface area contributed by atoms with Gasteiger partial charge in [0.15, 0.2) is 12.3 Å². The fraction of sp³-hybridized carbons (Fsp3) is 0.190. The Morgan fingerprint density at radius 3 is 2.70 bits per heavy atom. The van der Waals surface area contributed by atoms with E-state index in [1.54, 1.807) is 11.5 Å². The Morgan fingerprint density at radius 1 is 1.26 bits per heavy atom. The minimum absolute atomic E-state index is 0.212. The maximum atomic E-state index is 12.5. The summed E-state index contributed by atoms with van der Waals surface area (Å²) in [5.74, 6) is -0.827. The highest BCUT2D eigenvalue weighted by Gasteiger charge is 2.19. The SMILES string of the molecule is C=CCn1c(C)cc(C(=O)COC(=O)c2csc(-c3ccccc3)n2)c1C. The number of ketones is 1. The molecule has 0 radical (unpaired) electrons. The monoisotopic (exact) mass is 380 g/mol. The predicted octanol–water partition coefficient (Wildman–Crippen LogP) is 4.45. The molecule has 0 saturated carbocycles. The van der Waals surface area contributed by atoms with Crippen LogP contribution in [0.15, 0.2) is 54.4 Å². The minimum atomic E-state index is -0.596. The van der Waals surface area contributed by atoms with Crippen LogP contribution in [0, 0.1) is 13.8 Å². The summed E-state index contributed by atoms with van der Waals surface area (Å²) >= 11 is 1.37. The molecule has 0 saturated heterocycles. The van der Waals surface area contributed by atoms with E-state index in [2.05, 4.69) is 11.6 Å². The quantitative estimate of drug-likeness (QED) is 0.345.